The lowest BCUT2D eigenvalue weighted by Gasteiger charge is -2.12. The van der Waals surface area contributed by atoms with Crippen LogP contribution in [0.2, 0.25) is 5.02 Å². The number of hydrogen-bond donors (Lipinski definition) is 2. The predicted molar refractivity (Wildman–Crippen MR) is 67.5 cm³/mol. The highest BCUT2D eigenvalue weighted by molar-refractivity contribution is 7.89. The van der Waals surface area contributed by atoms with Crippen molar-refractivity contribution in [2.45, 2.75) is 17.9 Å². The van der Waals surface area contributed by atoms with Gasteiger partial charge in [0.15, 0.2) is 0 Å². The van der Waals surface area contributed by atoms with Crippen LogP contribution in [0.15, 0.2) is 23.1 Å². The molecule has 5 nitrogen and oxygen atoms in total. The first kappa shape index (κ1) is 14.2. The number of methoxy groups -OCH3 is 1. The molecule has 0 aromatic heterocycles. The Morgan fingerprint density at radius 1 is 1.53 bits per heavy atom. The summed E-state index contributed by atoms with van der Waals surface area (Å²) in [5.74, 6) is 0. The average molecular weight is 279 g/mol. The van der Waals surface area contributed by atoms with Crippen LogP contribution in [-0.2, 0) is 14.8 Å². The van der Waals surface area contributed by atoms with Crippen molar-refractivity contribution in [1.82, 2.24) is 4.72 Å². The molecular weight excluding hydrogens is 264 g/mol. The van der Waals surface area contributed by atoms with Crippen LogP contribution in [0, 0.1) is 0 Å². The summed E-state index contributed by atoms with van der Waals surface area (Å²) in [5.41, 5.74) is 5.76. The summed E-state index contributed by atoms with van der Waals surface area (Å²) in [6.45, 7) is 1.93. The van der Waals surface area contributed by atoms with E-state index in [4.69, 9.17) is 22.1 Å². The van der Waals surface area contributed by atoms with Gasteiger partial charge in [0.1, 0.15) is 4.90 Å². The second-order valence-electron chi connectivity index (χ2n) is 3.58. The van der Waals surface area contributed by atoms with Crippen LogP contribution in [0.4, 0.5) is 5.69 Å². The van der Waals surface area contributed by atoms with Crippen LogP contribution in [0.1, 0.15) is 6.92 Å². The topological polar surface area (TPSA) is 81.4 Å². The van der Waals surface area contributed by atoms with Gasteiger partial charge in [-0.25, -0.2) is 13.1 Å². The fourth-order valence-corrected chi connectivity index (χ4v) is 2.64. The van der Waals surface area contributed by atoms with E-state index in [1.54, 1.807) is 6.92 Å². The molecule has 1 rings (SSSR count). The van der Waals surface area contributed by atoms with Crippen LogP contribution in [-0.4, -0.2) is 28.2 Å². The summed E-state index contributed by atoms with van der Waals surface area (Å²) in [6.07, 6.45) is -0.217. The van der Waals surface area contributed by atoms with Crippen molar-refractivity contribution in [1.29, 1.82) is 0 Å². The van der Waals surface area contributed by atoms with Gasteiger partial charge >= 0.3 is 0 Å². The van der Waals surface area contributed by atoms with E-state index in [1.165, 1.54) is 25.3 Å². The highest BCUT2D eigenvalue weighted by Crippen LogP contribution is 2.22. The number of nitrogens with one attached hydrogen (secondary N) is 1. The first-order chi connectivity index (χ1) is 7.86. The minimum Gasteiger partial charge on any atom is -0.398 e. The molecule has 1 atom stereocenters. The number of sulfonamides is 1. The molecule has 0 saturated carbocycles. The number of anilines is 1. The van der Waals surface area contributed by atoms with E-state index in [-0.39, 0.29) is 23.2 Å². The van der Waals surface area contributed by atoms with Crippen LogP contribution < -0.4 is 10.5 Å². The zero-order valence-corrected chi connectivity index (χ0v) is 11.2. The van der Waals surface area contributed by atoms with Gasteiger partial charge in [-0.3, -0.25) is 0 Å². The van der Waals surface area contributed by atoms with Gasteiger partial charge in [0.05, 0.1) is 11.8 Å². The SMILES string of the molecule is COC(C)CNS(=O)(=O)c1cc(Cl)ccc1N. The number of ether oxygens (including phenoxy) is 1. The van der Waals surface area contributed by atoms with Gasteiger partial charge in [-0.05, 0) is 25.1 Å². The number of halogens is 1. The van der Waals surface area contributed by atoms with E-state index in [9.17, 15) is 8.42 Å². The Balaban J connectivity index is 2.93. The molecule has 0 fully saturated rings. The van der Waals surface area contributed by atoms with Crippen LogP contribution in [0.5, 0.6) is 0 Å². The largest absolute Gasteiger partial charge is 0.398 e. The first-order valence-electron chi connectivity index (χ1n) is 4.94. The van der Waals surface area contributed by atoms with Gasteiger partial charge in [-0.2, -0.15) is 0 Å². The van der Waals surface area contributed by atoms with Crippen LogP contribution in [0.25, 0.3) is 0 Å². The number of benzene rings is 1. The van der Waals surface area contributed by atoms with E-state index in [0.29, 0.717) is 5.02 Å². The van der Waals surface area contributed by atoms with Crippen molar-refractivity contribution in [2.24, 2.45) is 0 Å². The molecule has 0 spiro atoms. The average Bonchev–Trinajstić information content (AvgIpc) is 2.29. The Kier molecular flexibility index (Phi) is 4.76. The lowest BCUT2D eigenvalue weighted by atomic mass is 10.3. The quantitative estimate of drug-likeness (QED) is 0.794. The Morgan fingerprint density at radius 3 is 2.76 bits per heavy atom. The lowest BCUT2D eigenvalue weighted by molar-refractivity contribution is 0.122. The number of nitrogens with two attached hydrogens (primary N) is 1. The molecule has 17 heavy (non-hydrogen) atoms. The molecule has 96 valence electrons. The van der Waals surface area contributed by atoms with Gasteiger partial charge in [-0.15, -0.1) is 0 Å². The molecule has 1 aromatic carbocycles. The van der Waals surface area contributed by atoms with Crippen molar-refractivity contribution in [2.75, 3.05) is 19.4 Å². The third-order valence-corrected chi connectivity index (χ3v) is 3.94. The molecule has 0 bridgehead atoms. The summed E-state index contributed by atoms with van der Waals surface area (Å²) in [4.78, 5) is -0.0201. The van der Waals surface area contributed by atoms with Gasteiger partial charge in [0, 0.05) is 18.7 Å². The molecule has 0 aliphatic heterocycles. The molecule has 1 unspecified atom stereocenters. The van der Waals surface area contributed by atoms with Crippen molar-refractivity contribution < 1.29 is 13.2 Å². The molecule has 0 amide bonds. The van der Waals surface area contributed by atoms with Crippen LogP contribution in [0.3, 0.4) is 0 Å². The normalized spacial score (nSPS) is 13.6. The molecule has 0 heterocycles. The van der Waals surface area contributed by atoms with E-state index >= 15 is 0 Å². The zero-order chi connectivity index (χ0) is 13.1. The smallest absolute Gasteiger partial charge is 0.242 e. The van der Waals surface area contributed by atoms with Gasteiger partial charge in [-0.1, -0.05) is 11.6 Å². The van der Waals surface area contributed by atoms with Crippen molar-refractivity contribution in [3.8, 4) is 0 Å². The minimum atomic E-state index is -3.66. The van der Waals surface area contributed by atoms with E-state index in [0.717, 1.165) is 0 Å². The van der Waals surface area contributed by atoms with Crippen molar-refractivity contribution in [3.63, 3.8) is 0 Å². The van der Waals surface area contributed by atoms with E-state index in [2.05, 4.69) is 4.72 Å². The van der Waals surface area contributed by atoms with E-state index < -0.39 is 10.0 Å². The van der Waals surface area contributed by atoms with Crippen molar-refractivity contribution in [3.05, 3.63) is 23.2 Å². The Hall–Kier alpha value is -0.820. The number of hydrogen-bond acceptors (Lipinski definition) is 4. The van der Waals surface area contributed by atoms with Gasteiger partial charge in [0.25, 0.3) is 0 Å². The fourth-order valence-electron chi connectivity index (χ4n) is 1.13. The highest BCUT2D eigenvalue weighted by Gasteiger charge is 2.18. The summed E-state index contributed by atoms with van der Waals surface area (Å²) >= 11 is 5.74. The molecule has 7 heteroatoms. The molecular formula is C10H15ClN2O3S. The number of rotatable bonds is 5. The molecule has 3 N–H and O–H groups in total. The molecule has 0 saturated heterocycles. The predicted octanol–water partition coefficient (Wildman–Crippen LogP) is 1.24. The zero-order valence-electron chi connectivity index (χ0n) is 9.60. The lowest BCUT2D eigenvalue weighted by Crippen LogP contribution is -2.32. The first-order valence-corrected chi connectivity index (χ1v) is 6.80. The maximum Gasteiger partial charge on any atom is 0.242 e. The summed E-state index contributed by atoms with van der Waals surface area (Å²) in [7, 11) is -2.15. The maximum absolute atomic E-state index is 11.9. The maximum atomic E-state index is 11.9. The van der Waals surface area contributed by atoms with Gasteiger partial charge < -0.3 is 10.5 Å². The third-order valence-electron chi connectivity index (χ3n) is 2.23. The highest BCUT2D eigenvalue weighted by atomic mass is 35.5. The monoisotopic (exact) mass is 278 g/mol. The standard InChI is InChI=1S/C10H15ClN2O3S/c1-7(16-2)6-13-17(14,15)10-5-8(11)3-4-9(10)12/h3-5,7,13H,6,12H2,1-2H3. The summed E-state index contributed by atoms with van der Waals surface area (Å²) < 4.78 is 31.2. The summed E-state index contributed by atoms with van der Waals surface area (Å²) in [5, 5.41) is 0.319. The van der Waals surface area contributed by atoms with Gasteiger partial charge in [0.2, 0.25) is 10.0 Å². The Morgan fingerprint density at radius 2 is 2.18 bits per heavy atom. The molecule has 0 radical (unpaired) electrons. The molecule has 1 aromatic rings. The molecule has 0 aliphatic rings. The number of nitrogen functional groups attached to an aromatic ring is 1. The Bertz CT molecular complexity index is 490. The van der Waals surface area contributed by atoms with Crippen LogP contribution >= 0.6 is 11.6 Å². The second-order valence-corrected chi connectivity index (χ2v) is 5.75. The second kappa shape index (κ2) is 5.68. The Labute approximate surface area is 106 Å². The molecule has 0 aliphatic carbocycles. The fraction of sp³-hybridized carbons (Fsp3) is 0.400. The third kappa shape index (κ3) is 3.85. The summed E-state index contributed by atoms with van der Waals surface area (Å²) in [6, 6.07) is 4.31. The minimum absolute atomic E-state index is 0.0201. The van der Waals surface area contributed by atoms with Crippen molar-refractivity contribution >= 4 is 27.3 Å². The van der Waals surface area contributed by atoms with E-state index in [1.807, 2.05) is 0 Å².